The van der Waals surface area contributed by atoms with E-state index in [1.807, 2.05) is 0 Å². The smallest absolute Gasteiger partial charge is 0.334 e. The van der Waals surface area contributed by atoms with E-state index in [1.165, 1.54) is 12.1 Å². The molecule has 0 spiro atoms. The molecule has 1 aromatic heterocycles. The van der Waals surface area contributed by atoms with Crippen LogP contribution in [-0.4, -0.2) is 4.92 Å². The molecule has 0 unspecified atom stereocenters. The monoisotopic (exact) mass is 256 g/mol. The van der Waals surface area contributed by atoms with Gasteiger partial charge in [-0.2, -0.15) is 0 Å². The van der Waals surface area contributed by atoms with Crippen molar-refractivity contribution in [2.75, 3.05) is 5.73 Å². The van der Waals surface area contributed by atoms with Crippen molar-refractivity contribution < 1.29 is 9.34 Å². The molecular formula is C13H8N2O4. The van der Waals surface area contributed by atoms with Gasteiger partial charge in [-0.25, -0.2) is 0 Å². The molecule has 19 heavy (non-hydrogen) atoms. The fourth-order valence-electron chi connectivity index (χ4n) is 2.06. The number of nitrogens with two attached hydrogens (primary N) is 1. The molecule has 0 bridgehead atoms. The number of hydrogen-bond acceptors (Lipinski definition) is 5. The van der Waals surface area contributed by atoms with E-state index in [0.29, 0.717) is 11.0 Å². The average Bonchev–Trinajstić information content (AvgIpc) is 2.38. The summed E-state index contributed by atoms with van der Waals surface area (Å²) in [6.07, 6.45) is 0. The first kappa shape index (κ1) is 11.2. The highest BCUT2D eigenvalue weighted by Crippen LogP contribution is 2.31. The first-order chi connectivity index (χ1) is 9.09. The Hall–Kier alpha value is -2.89. The Balaban J connectivity index is 2.62. The summed E-state index contributed by atoms with van der Waals surface area (Å²) in [7, 11) is 0. The minimum absolute atomic E-state index is 0.0315. The van der Waals surface area contributed by atoms with Gasteiger partial charge in [0.1, 0.15) is 11.3 Å². The molecule has 0 aliphatic carbocycles. The Morgan fingerprint density at radius 2 is 1.84 bits per heavy atom. The molecule has 0 radical (unpaired) electrons. The molecule has 0 atom stereocenters. The van der Waals surface area contributed by atoms with Gasteiger partial charge in [-0.1, -0.05) is 12.1 Å². The highest BCUT2D eigenvalue weighted by atomic mass is 16.6. The molecule has 94 valence electrons. The fraction of sp³-hybridized carbons (Fsp3) is 0. The third-order valence-corrected chi connectivity index (χ3v) is 2.93. The molecule has 0 saturated heterocycles. The molecule has 6 heteroatoms. The molecule has 0 saturated carbocycles. The molecule has 2 N–H and O–H groups in total. The Morgan fingerprint density at radius 1 is 1.11 bits per heavy atom. The van der Waals surface area contributed by atoms with Crippen molar-refractivity contribution in [1.82, 2.24) is 0 Å². The summed E-state index contributed by atoms with van der Waals surface area (Å²) >= 11 is 0. The number of nitro groups is 1. The topological polar surface area (TPSA) is 99.4 Å². The zero-order valence-electron chi connectivity index (χ0n) is 9.62. The van der Waals surface area contributed by atoms with Crippen molar-refractivity contribution in [3.05, 3.63) is 56.7 Å². The molecule has 0 aliphatic heterocycles. The van der Waals surface area contributed by atoms with Gasteiger partial charge in [-0.15, -0.1) is 0 Å². The van der Waals surface area contributed by atoms with Crippen molar-refractivity contribution in [3.8, 4) is 0 Å². The van der Waals surface area contributed by atoms with Crippen LogP contribution in [0.5, 0.6) is 0 Å². The van der Waals surface area contributed by atoms with E-state index in [0.717, 1.165) is 0 Å². The van der Waals surface area contributed by atoms with E-state index in [2.05, 4.69) is 0 Å². The van der Waals surface area contributed by atoms with Gasteiger partial charge in [0.15, 0.2) is 0 Å². The third kappa shape index (κ3) is 1.54. The molecule has 0 aliphatic rings. The largest absolute Gasteiger partial charge is 0.448 e. The number of para-hydroxylation sites is 1. The van der Waals surface area contributed by atoms with E-state index < -0.39 is 4.92 Å². The highest BCUT2D eigenvalue weighted by molar-refractivity contribution is 5.97. The van der Waals surface area contributed by atoms with Crippen molar-refractivity contribution >= 4 is 33.3 Å². The molecule has 0 amide bonds. The molecule has 3 aromatic rings. The highest BCUT2D eigenvalue weighted by Gasteiger charge is 2.21. The lowest BCUT2D eigenvalue weighted by molar-refractivity contribution is -0.382. The second-order valence-corrected chi connectivity index (χ2v) is 4.06. The molecular weight excluding hydrogens is 248 g/mol. The predicted octanol–water partition coefficient (Wildman–Crippen LogP) is 2.44. The lowest BCUT2D eigenvalue weighted by Crippen LogP contribution is -2.05. The maximum atomic E-state index is 12.3. The van der Waals surface area contributed by atoms with Gasteiger partial charge < -0.3 is 10.2 Å². The Kier molecular flexibility index (Phi) is 2.25. The Labute approximate surface area is 106 Å². The van der Waals surface area contributed by atoms with Gasteiger partial charge in [0.25, 0.3) is 0 Å². The van der Waals surface area contributed by atoms with Gasteiger partial charge in [-0.3, -0.25) is 14.9 Å². The zero-order valence-corrected chi connectivity index (χ0v) is 9.62. The van der Waals surface area contributed by atoms with E-state index in [9.17, 15) is 14.9 Å². The molecule has 0 fully saturated rings. The van der Waals surface area contributed by atoms with Crippen molar-refractivity contribution in [2.45, 2.75) is 0 Å². The van der Waals surface area contributed by atoms with Crippen molar-refractivity contribution in [3.63, 3.8) is 0 Å². The van der Waals surface area contributed by atoms with Crippen LogP contribution < -0.4 is 11.2 Å². The molecule has 6 nitrogen and oxygen atoms in total. The van der Waals surface area contributed by atoms with Crippen LogP contribution >= 0.6 is 0 Å². The number of benzene rings is 2. The van der Waals surface area contributed by atoms with Gasteiger partial charge in [-0.05, 0) is 24.3 Å². The minimum Gasteiger partial charge on any atom is -0.448 e. The number of nitro benzene ring substituents is 1. The van der Waals surface area contributed by atoms with Crippen LogP contribution in [0.1, 0.15) is 0 Å². The lowest BCUT2D eigenvalue weighted by Gasteiger charge is -2.03. The molecule has 3 rings (SSSR count). The summed E-state index contributed by atoms with van der Waals surface area (Å²) in [5.74, 6) is 0. The number of rotatable bonds is 1. The summed E-state index contributed by atoms with van der Waals surface area (Å²) in [6.45, 7) is 0. The van der Waals surface area contributed by atoms with E-state index >= 15 is 0 Å². The normalized spacial score (nSPS) is 10.9. The standard InChI is InChI=1S/C13H8N2O4/c14-9-6-5-8-12(16)7-3-1-2-4-10(7)19-13(8)11(9)15(17)18/h1-6H,14H2. The summed E-state index contributed by atoms with van der Waals surface area (Å²) in [6, 6.07) is 9.38. The first-order valence-corrected chi connectivity index (χ1v) is 5.48. The summed E-state index contributed by atoms with van der Waals surface area (Å²) < 4.78 is 5.48. The maximum Gasteiger partial charge on any atom is 0.334 e. The van der Waals surface area contributed by atoms with Crippen LogP contribution in [0.2, 0.25) is 0 Å². The van der Waals surface area contributed by atoms with Crippen LogP contribution in [0.3, 0.4) is 0 Å². The summed E-state index contributed by atoms with van der Waals surface area (Å²) in [5.41, 5.74) is 5.08. The van der Waals surface area contributed by atoms with Gasteiger partial charge in [0.05, 0.1) is 15.7 Å². The average molecular weight is 256 g/mol. The predicted molar refractivity (Wildman–Crippen MR) is 71.1 cm³/mol. The first-order valence-electron chi connectivity index (χ1n) is 5.48. The quantitative estimate of drug-likeness (QED) is 0.312. The van der Waals surface area contributed by atoms with Gasteiger partial charge in [0, 0.05) is 0 Å². The second kappa shape index (κ2) is 3.81. The fourth-order valence-corrected chi connectivity index (χ4v) is 2.06. The zero-order chi connectivity index (χ0) is 13.6. The van der Waals surface area contributed by atoms with Crippen molar-refractivity contribution in [1.29, 1.82) is 0 Å². The number of anilines is 1. The van der Waals surface area contributed by atoms with Crippen molar-refractivity contribution in [2.24, 2.45) is 0 Å². The van der Waals surface area contributed by atoms with Crippen LogP contribution in [-0.2, 0) is 0 Å². The SMILES string of the molecule is Nc1ccc2c(=O)c3ccccc3oc2c1[N+](=O)[O-]. The number of hydrogen-bond donors (Lipinski definition) is 1. The third-order valence-electron chi connectivity index (χ3n) is 2.93. The Morgan fingerprint density at radius 3 is 2.58 bits per heavy atom. The Bertz CT molecular complexity index is 883. The maximum absolute atomic E-state index is 12.3. The second-order valence-electron chi connectivity index (χ2n) is 4.06. The molecule has 2 aromatic carbocycles. The van der Waals surface area contributed by atoms with E-state index in [4.69, 9.17) is 10.2 Å². The van der Waals surface area contributed by atoms with Crippen LogP contribution in [0.4, 0.5) is 11.4 Å². The summed E-state index contributed by atoms with van der Waals surface area (Å²) in [5, 5.41) is 11.6. The number of nitrogens with zero attached hydrogens (tertiary/aromatic N) is 1. The minimum atomic E-state index is -0.643. The van der Waals surface area contributed by atoms with Gasteiger partial charge in [0.2, 0.25) is 11.0 Å². The van der Waals surface area contributed by atoms with Crippen LogP contribution in [0.25, 0.3) is 21.9 Å². The van der Waals surface area contributed by atoms with Crippen LogP contribution in [0, 0.1) is 10.1 Å². The lowest BCUT2D eigenvalue weighted by atomic mass is 10.1. The van der Waals surface area contributed by atoms with Gasteiger partial charge >= 0.3 is 5.69 Å². The number of fused-ring (bicyclic) bond motifs is 2. The molecule has 1 heterocycles. The summed E-state index contributed by atoms with van der Waals surface area (Å²) in [4.78, 5) is 22.7. The van der Waals surface area contributed by atoms with E-state index in [1.54, 1.807) is 24.3 Å². The van der Waals surface area contributed by atoms with Crippen LogP contribution in [0.15, 0.2) is 45.6 Å². The number of nitrogen functional groups attached to an aromatic ring is 1. The van der Waals surface area contributed by atoms with E-state index in [-0.39, 0.29) is 27.8 Å².